The Labute approximate surface area is 173 Å². The number of para-hydroxylation sites is 1. The lowest BCUT2D eigenvalue weighted by Crippen LogP contribution is -2.40. The summed E-state index contributed by atoms with van der Waals surface area (Å²) in [6.07, 6.45) is 4.05. The van der Waals surface area contributed by atoms with Crippen LogP contribution in [0.25, 0.3) is 22.4 Å². The van der Waals surface area contributed by atoms with Gasteiger partial charge < -0.3 is 9.15 Å². The molecule has 0 unspecified atom stereocenters. The number of fused-ring (bicyclic) bond motifs is 1. The largest absolute Gasteiger partial charge is 0.442 e. The van der Waals surface area contributed by atoms with E-state index in [4.69, 9.17) is 9.15 Å². The molecule has 2 atom stereocenters. The highest BCUT2D eigenvalue weighted by Crippen LogP contribution is 2.27. The van der Waals surface area contributed by atoms with Crippen LogP contribution in [0.15, 0.2) is 70.4 Å². The first kappa shape index (κ1) is 19.0. The average molecular weight is 424 g/mol. The van der Waals surface area contributed by atoms with Crippen LogP contribution in [0.1, 0.15) is 5.56 Å². The fraction of sp³-hybridized carbons (Fsp3) is 0.238. The summed E-state index contributed by atoms with van der Waals surface area (Å²) in [5, 5.41) is 7.55. The molecule has 1 fully saturated rings. The summed E-state index contributed by atoms with van der Waals surface area (Å²) in [5.74, 6) is 0.419. The van der Waals surface area contributed by atoms with Crippen molar-refractivity contribution in [2.75, 3.05) is 13.2 Å². The number of pyridine rings is 1. The van der Waals surface area contributed by atoms with Gasteiger partial charge in [0, 0.05) is 23.7 Å². The van der Waals surface area contributed by atoms with Crippen LogP contribution in [-0.2, 0) is 21.2 Å². The zero-order chi connectivity index (χ0) is 20.6. The summed E-state index contributed by atoms with van der Waals surface area (Å²) < 4.78 is 39.7. The molecule has 1 saturated heterocycles. The van der Waals surface area contributed by atoms with Crippen LogP contribution in [-0.4, -0.2) is 42.9 Å². The fourth-order valence-corrected chi connectivity index (χ4v) is 5.03. The van der Waals surface area contributed by atoms with E-state index in [-0.39, 0.29) is 17.1 Å². The predicted molar refractivity (Wildman–Crippen MR) is 110 cm³/mol. The van der Waals surface area contributed by atoms with Crippen molar-refractivity contribution < 1.29 is 17.6 Å². The van der Waals surface area contributed by atoms with E-state index in [2.05, 4.69) is 19.9 Å². The monoisotopic (exact) mass is 424 g/mol. The van der Waals surface area contributed by atoms with Crippen LogP contribution < -0.4 is 4.72 Å². The number of nitrogens with one attached hydrogen (secondary N) is 2. The third-order valence-electron chi connectivity index (χ3n) is 5.34. The minimum absolute atomic E-state index is 0.00706. The van der Waals surface area contributed by atoms with Gasteiger partial charge in [0.05, 0.1) is 24.8 Å². The first-order valence-electron chi connectivity index (χ1n) is 9.62. The van der Waals surface area contributed by atoms with Gasteiger partial charge in [-0.25, -0.2) is 13.1 Å². The van der Waals surface area contributed by atoms with Gasteiger partial charge in [-0.2, -0.15) is 5.10 Å². The molecular formula is C21H20N4O4S. The highest BCUT2D eigenvalue weighted by molar-refractivity contribution is 7.89. The first-order chi connectivity index (χ1) is 14.6. The SMILES string of the molecule is O=S(=O)(N[C@@H]1COC[C@H]1Cc1ccnc2ccccc12)c1ccc(-c2ccn[nH]2)o1. The Morgan fingerprint density at radius 3 is 2.83 bits per heavy atom. The van der Waals surface area contributed by atoms with E-state index in [9.17, 15) is 8.42 Å². The molecule has 0 spiro atoms. The number of aromatic nitrogens is 3. The molecule has 0 aliphatic carbocycles. The Kier molecular flexibility index (Phi) is 4.86. The van der Waals surface area contributed by atoms with Gasteiger partial charge in [-0.3, -0.25) is 10.1 Å². The van der Waals surface area contributed by atoms with Gasteiger partial charge in [0.2, 0.25) is 5.09 Å². The topological polar surface area (TPSA) is 110 Å². The minimum Gasteiger partial charge on any atom is -0.442 e. The number of hydrogen-bond acceptors (Lipinski definition) is 6. The molecule has 2 N–H and O–H groups in total. The number of rotatable bonds is 6. The number of H-pyrrole nitrogens is 1. The summed E-state index contributed by atoms with van der Waals surface area (Å²) in [4.78, 5) is 4.40. The maximum Gasteiger partial charge on any atom is 0.274 e. The Bertz CT molecular complexity index is 1260. The van der Waals surface area contributed by atoms with Crippen LogP contribution in [0, 0.1) is 5.92 Å². The second kappa shape index (κ2) is 7.67. The van der Waals surface area contributed by atoms with Crippen molar-refractivity contribution in [1.82, 2.24) is 19.9 Å². The third kappa shape index (κ3) is 3.62. The predicted octanol–water partition coefficient (Wildman–Crippen LogP) is 2.75. The maximum absolute atomic E-state index is 12.9. The highest BCUT2D eigenvalue weighted by Gasteiger charge is 2.33. The Balaban J connectivity index is 1.35. The van der Waals surface area contributed by atoms with E-state index in [0.717, 1.165) is 16.5 Å². The molecular weight excluding hydrogens is 404 g/mol. The molecule has 30 heavy (non-hydrogen) atoms. The lowest BCUT2D eigenvalue weighted by molar-refractivity contribution is 0.183. The van der Waals surface area contributed by atoms with Crippen molar-refractivity contribution in [3.63, 3.8) is 0 Å². The summed E-state index contributed by atoms with van der Waals surface area (Å²) in [5.41, 5.74) is 2.66. The van der Waals surface area contributed by atoms with Gasteiger partial charge in [-0.15, -0.1) is 0 Å². The van der Waals surface area contributed by atoms with Crippen molar-refractivity contribution in [2.45, 2.75) is 17.6 Å². The van der Waals surface area contributed by atoms with Crippen LogP contribution in [0.4, 0.5) is 0 Å². The van der Waals surface area contributed by atoms with Crippen LogP contribution in [0.5, 0.6) is 0 Å². The summed E-state index contributed by atoms with van der Waals surface area (Å²) in [7, 11) is -3.82. The number of hydrogen-bond donors (Lipinski definition) is 2. The summed E-state index contributed by atoms with van der Waals surface area (Å²) in [6.45, 7) is 0.808. The van der Waals surface area contributed by atoms with Crippen LogP contribution in [0.3, 0.4) is 0 Å². The Morgan fingerprint density at radius 2 is 1.97 bits per heavy atom. The van der Waals surface area contributed by atoms with E-state index in [0.29, 0.717) is 31.1 Å². The highest BCUT2D eigenvalue weighted by atomic mass is 32.2. The Morgan fingerprint density at radius 1 is 1.07 bits per heavy atom. The van der Waals surface area contributed by atoms with E-state index in [1.807, 2.05) is 30.3 Å². The second-order valence-corrected chi connectivity index (χ2v) is 8.95. The maximum atomic E-state index is 12.9. The molecule has 4 aromatic rings. The molecule has 9 heteroatoms. The number of nitrogens with zero attached hydrogens (tertiary/aromatic N) is 2. The lowest BCUT2D eigenvalue weighted by atomic mass is 9.93. The van der Waals surface area contributed by atoms with Gasteiger partial charge in [-0.05, 0) is 42.3 Å². The smallest absolute Gasteiger partial charge is 0.274 e. The molecule has 0 saturated carbocycles. The zero-order valence-electron chi connectivity index (χ0n) is 16.0. The molecule has 1 aliphatic heterocycles. The number of sulfonamides is 1. The molecule has 8 nitrogen and oxygen atoms in total. The van der Waals surface area contributed by atoms with Crippen molar-refractivity contribution in [3.05, 3.63) is 66.5 Å². The number of benzene rings is 1. The number of furan rings is 1. The van der Waals surface area contributed by atoms with Gasteiger partial charge >= 0.3 is 0 Å². The normalized spacial score (nSPS) is 19.5. The summed E-state index contributed by atoms with van der Waals surface area (Å²) in [6, 6.07) is 14.3. The molecule has 0 bridgehead atoms. The third-order valence-corrected chi connectivity index (χ3v) is 6.70. The average Bonchev–Trinajstić information content (AvgIpc) is 3.50. The molecule has 4 heterocycles. The Hall–Kier alpha value is -3.01. The second-order valence-electron chi connectivity index (χ2n) is 7.31. The van der Waals surface area contributed by atoms with E-state index >= 15 is 0 Å². The lowest BCUT2D eigenvalue weighted by Gasteiger charge is -2.19. The fourth-order valence-electron chi connectivity index (χ4n) is 3.81. The molecule has 0 radical (unpaired) electrons. The van der Waals surface area contributed by atoms with Crippen LogP contribution >= 0.6 is 0 Å². The van der Waals surface area contributed by atoms with Crippen molar-refractivity contribution in [3.8, 4) is 11.5 Å². The number of aromatic amines is 1. The van der Waals surface area contributed by atoms with Crippen molar-refractivity contribution in [2.24, 2.45) is 5.92 Å². The van der Waals surface area contributed by atoms with Crippen molar-refractivity contribution in [1.29, 1.82) is 0 Å². The van der Waals surface area contributed by atoms with Gasteiger partial charge in [0.15, 0.2) is 5.76 Å². The minimum atomic E-state index is -3.82. The quantitative estimate of drug-likeness (QED) is 0.492. The number of ether oxygens (including phenoxy) is 1. The standard InChI is InChI=1S/C21H20N4O4S/c26-30(27,21-6-5-20(29-21)18-8-10-23-24-18)25-19-13-28-12-15(19)11-14-7-9-22-17-4-2-1-3-16(14)17/h1-10,15,19,25H,11-13H2,(H,23,24)/t15-,19-/m1/s1. The van der Waals surface area contributed by atoms with Crippen LogP contribution in [0.2, 0.25) is 0 Å². The first-order valence-corrected chi connectivity index (χ1v) is 11.1. The van der Waals surface area contributed by atoms with Gasteiger partial charge in [0.25, 0.3) is 10.0 Å². The van der Waals surface area contributed by atoms with Gasteiger partial charge in [-0.1, -0.05) is 18.2 Å². The molecule has 3 aromatic heterocycles. The van der Waals surface area contributed by atoms with Crippen molar-refractivity contribution >= 4 is 20.9 Å². The molecule has 154 valence electrons. The molecule has 1 aromatic carbocycles. The molecule has 5 rings (SSSR count). The molecule has 1 aliphatic rings. The zero-order valence-corrected chi connectivity index (χ0v) is 16.8. The molecule has 0 amide bonds. The van der Waals surface area contributed by atoms with E-state index < -0.39 is 10.0 Å². The van der Waals surface area contributed by atoms with Gasteiger partial charge in [0.1, 0.15) is 5.69 Å². The summed E-state index contributed by atoms with van der Waals surface area (Å²) >= 11 is 0. The van der Waals surface area contributed by atoms with E-state index in [1.54, 1.807) is 24.5 Å². The van der Waals surface area contributed by atoms with E-state index in [1.165, 1.54) is 6.07 Å².